The Morgan fingerprint density at radius 1 is 0.935 bits per heavy atom. The molecule has 164 valence electrons. The molecule has 0 radical (unpaired) electrons. The number of carbonyl (C=O) groups excluding carboxylic acids is 2. The number of esters is 1. The molecule has 2 fully saturated rings. The maximum atomic E-state index is 12.7. The molecule has 0 N–H and O–H groups in total. The molecular weight excluding hydrogens is 394 g/mol. The minimum atomic E-state index is -0.371. The van der Waals surface area contributed by atoms with Crippen molar-refractivity contribution in [3.63, 3.8) is 0 Å². The van der Waals surface area contributed by atoms with Crippen molar-refractivity contribution < 1.29 is 23.9 Å². The van der Waals surface area contributed by atoms with Gasteiger partial charge in [-0.25, -0.2) is 9.59 Å². The molecule has 1 aliphatic heterocycles. The highest BCUT2D eigenvalue weighted by atomic mass is 16.7. The second-order valence-corrected chi connectivity index (χ2v) is 8.29. The third-order valence-corrected chi connectivity index (χ3v) is 6.22. The van der Waals surface area contributed by atoms with Crippen LogP contribution in [0.25, 0.3) is 0 Å². The van der Waals surface area contributed by atoms with Crippen molar-refractivity contribution in [2.24, 2.45) is 5.92 Å². The van der Waals surface area contributed by atoms with E-state index < -0.39 is 0 Å². The van der Waals surface area contributed by atoms with Gasteiger partial charge in [0.1, 0.15) is 0 Å². The number of methoxy groups -OCH3 is 1. The highest BCUT2D eigenvalue weighted by Crippen LogP contribution is 2.34. The Labute approximate surface area is 183 Å². The minimum absolute atomic E-state index is 0.123. The smallest absolute Gasteiger partial charge is 0.357 e. The van der Waals surface area contributed by atoms with Gasteiger partial charge in [0.2, 0.25) is 0 Å². The van der Waals surface area contributed by atoms with Crippen molar-refractivity contribution in [1.29, 1.82) is 0 Å². The Hall–Kier alpha value is -2.70. The Morgan fingerprint density at radius 3 is 2.29 bits per heavy atom. The van der Waals surface area contributed by atoms with Gasteiger partial charge in [0.05, 0.1) is 30.4 Å². The molecule has 4 rings (SSSR count). The Balaban J connectivity index is 1.48. The monoisotopic (exact) mass is 423 g/mol. The lowest BCUT2D eigenvalue weighted by atomic mass is 9.86. The molecule has 1 saturated carbocycles. The average Bonchev–Trinajstić information content (AvgIpc) is 2.79. The van der Waals surface area contributed by atoms with E-state index in [1.165, 1.54) is 26.4 Å². The molecule has 2 atom stereocenters. The molecule has 1 saturated heterocycles. The quantitative estimate of drug-likeness (QED) is 0.608. The van der Waals surface area contributed by atoms with Crippen LogP contribution in [0.2, 0.25) is 0 Å². The predicted octanol–water partition coefficient (Wildman–Crippen LogP) is 4.57. The molecule has 2 aliphatic rings. The van der Waals surface area contributed by atoms with Gasteiger partial charge in [0.25, 0.3) is 0 Å². The van der Waals surface area contributed by atoms with Crippen LogP contribution < -0.4 is 0 Å². The predicted molar refractivity (Wildman–Crippen MR) is 115 cm³/mol. The number of nitrogens with zero attached hydrogens (tertiary/aromatic N) is 1. The van der Waals surface area contributed by atoms with Gasteiger partial charge in [-0.15, -0.1) is 5.06 Å². The summed E-state index contributed by atoms with van der Waals surface area (Å²) in [5, 5.41) is 1.76. The summed E-state index contributed by atoms with van der Waals surface area (Å²) in [4.78, 5) is 30.2. The lowest BCUT2D eigenvalue weighted by Crippen LogP contribution is -2.41. The summed E-state index contributed by atoms with van der Waals surface area (Å²) < 4.78 is 11.0. The number of piperidine rings is 1. The van der Waals surface area contributed by atoms with Gasteiger partial charge in [0, 0.05) is 13.2 Å². The van der Waals surface area contributed by atoms with E-state index >= 15 is 0 Å². The van der Waals surface area contributed by atoms with E-state index in [0.717, 1.165) is 25.0 Å². The van der Waals surface area contributed by atoms with E-state index in [4.69, 9.17) is 14.3 Å². The minimum Gasteiger partial charge on any atom is -0.465 e. The molecule has 6 heteroatoms. The average molecular weight is 424 g/mol. The number of hydrogen-bond donors (Lipinski definition) is 0. The van der Waals surface area contributed by atoms with E-state index in [-0.39, 0.29) is 24.1 Å². The molecule has 1 aliphatic carbocycles. The van der Waals surface area contributed by atoms with E-state index in [1.807, 2.05) is 30.3 Å². The molecule has 6 nitrogen and oxygen atoms in total. The van der Waals surface area contributed by atoms with Gasteiger partial charge >= 0.3 is 11.9 Å². The SMILES string of the molecule is COC(=O)c1ccc([C@@H]2C[C@@H](OCC3CCC3)CCN2OC(=O)c2ccccc2)cc1. The second kappa shape index (κ2) is 10.1. The van der Waals surface area contributed by atoms with Gasteiger partial charge in [-0.3, -0.25) is 0 Å². The zero-order valence-electron chi connectivity index (χ0n) is 17.9. The zero-order valence-corrected chi connectivity index (χ0v) is 17.9. The molecule has 0 bridgehead atoms. The van der Waals surface area contributed by atoms with Gasteiger partial charge in [-0.2, -0.15) is 0 Å². The van der Waals surface area contributed by atoms with Crippen LogP contribution in [-0.4, -0.2) is 43.4 Å². The van der Waals surface area contributed by atoms with E-state index in [9.17, 15) is 9.59 Å². The number of ether oxygens (including phenoxy) is 2. The summed E-state index contributed by atoms with van der Waals surface area (Å²) in [6, 6.07) is 16.2. The molecule has 0 unspecified atom stereocenters. The fourth-order valence-corrected chi connectivity index (χ4v) is 4.10. The molecule has 0 spiro atoms. The maximum Gasteiger partial charge on any atom is 0.357 e. The van der Waals surface area contributed by atoms with E-state index in [0.29, 0.717) is 23.6 Å². The third kappa shape index (κ3) is 5.32. The summed E-state index contributed by atoms with van der Waals surface area (Å²) in [6.45, 7) is 1.40. The number of hydroxylamine groups is 2. The van der Waals surface area contributed by atoms with Crippen LogP contribution in [-0.2, 0) is 14.3 Å². The lowest BCUT2D eigenvalue weighted by Gasteiger charge is -2.38. The second-order valence-electron chi connectivity index (χ2n) is 8.29. The fourth-order valence-electron chi connectivity index (χ4n) is 4.10. The Morgan fingerprint density at radius 2 is 1.65 bits per heavy atom. The standard InChI is InChI=1S/C25H29NO5/c1-29-24(27)21-12-10-19(11-13-21)23-16-22(30-17-18-6-5-7-18)14-15-26(23)31-25(28)20-8-3-2-4-9-20/h2-4,8-13,18,22-23H,5-7,14-17H2,1H3/t22-,23-/m0/s1. The summed E-state index contributed by atoms with van der Waals surface area (Å²) in [7, 11) is 1.37. The van der Waals surface area contributed by atoms with Crippen molar-refractivity contribution in [2.45, 2.75) is 44.2 Å². The number of carbonyl (C=O) groups is 2. The molecular formula is C25H29NO5. The fraction of sp³-hybridized carbons (Fsp3) is 0.440. The summed E-state index contributed by atoms with van der Waals surface area (Å²) in [5.74, 6) is -0.0541. The van der Waals surface area contributed by atoms with Crippen molar-refractivity contribution in [2.75, 3.05) is 20.3 Å². The highest BCUT2D eigenvalue weighted by molar-refractivity contribution is 5.89. The van der Waals surface area contributed by atoms with Gasteiger partial charge in [0.15, 0.2) is 0 Å². The molecule has 31 heavy (non-hydrogen) atoms. The van der Waals surface area contributed by atoms with Gasteiger partial charge < -0.3 is 14.3 Å². The van der Waals surface area contributed by atoms with E-state index in [1.54, 1.807) is 29.3 Å². The van der Waals surface area contributed by atoms with Crippen molar-refractivity contribution in [3.8, 4) is 0 Å². The first kappa shape index (κ1) is 21.5. The molecule has 2 aromatic carbocycles. The van der Waals surface area contributed by atoms with Crippen LogP contribution in [0.15, 0.2) is 54.6 Å². The Kier molecular flexibility index (Phi) is 6.99. The third-order valence-electron chi connectivity index (χ3n) is 6.22. The topological polar surface area (TPSA) is 65.1 Å². The molecule has 2 aromatic rings. The number of benzene rings is 2. The van der Waals surface area contributed by atoms with Crippen LogP contribution in [0, 0.1) is 5.92 Å². The zero-order chi connectivity index (χ0) is 21.6. The normalized spacial score (nSPS) is 21.8. The van der Waals surface area contributed by atoms with Crippen LogP contribution >= 0.6 is 0 Å². The highest BCUT2D eigenvalue weighted by Gasteiger charge is 2.34. The largest absolute Gasteiger partial charge is 0.465 e. The van der Waals surface area contributed by atoms with Crippen LogP contribution in [0.4, 0.5) is 0 Å². The number of hydrogen-bond acceptors (Lipinski definition) is 6. The Bertz CT molecular complexity index is 879. The summed E-state index contributed by atoms with van der Waals surface area (Å²) in [5.41, 5.74) is 1.99. The molecule has 0 amide bonds. The summed E-state index contributed by atoms with van der Waals surface area (Å²) in [6.07, 6.45) is 5.48. The van der Waals surface area contributed by atoms with Crippen molar-refractivity contribution >= 4 is 11.9 Å². The van der Waals surface area contributed by atoms with Crippen LogP contribution in [0.3, 0.4) is 0 Å². The van der Waals surface area contributed by atoms with Crippen LogP contribution in [0.5, 0.6) is 0 Å². The lowest BCUT2D eigenvalue weighted by molar-refractivity contribution is -0.175. The first-order chi connectivity index (χ1) is 15.1. The maximum absolute atomic E-state index is 12.7. The molecule has 1 heterocycles. The van der Waals surface area contributed by atoms with Crippen molar-refractivity contribution in [1.82, 2.24) is 5.06 Å². The van der Waals surface area contributed by atoms with Gasteiger partial charge in [-0.1, -0.05) is 36.8 Å². The summed E-state index contributed by atoms with van der Waals surface area (Å²) >= 11 is 0. The van der Waals surface area contributed by atoms with Crippen molar-refractivity contribution in [3.05, 3.63) is 71.3 Å². The first-order valence-corrected chi connectivity index (χ1v) is 11.0. The van der Waals surface area contributed by atoms with Crippen LogP contribution in [0.1, 0.15) is 64.4 Å². The van der Waals surface area contributed by atoms with E-state index in [2.05, 4.69) is 0 Å². The number of rotatable bonds is 7. The first-order valence-electron chi connectivity index (χ1n) is 11.0. The van der Waals surface area contributed by atoms with Gasteiger partial charge in [-0.05, 0) is 61.4 Å². The molecule has 0 aromatic heterocycles.